The molecular weight excluding hydrogens is 390 g/mol. The number of aromatic nitrogens is 1. The lowest BCUT2D eigenvalue weighted by atomic mass is 10.0. The van der Waals surface area contributed by atoms with E-state index >= 15 is 0 Å². The SMILES string of the molecule is COc1ccc2[nH]cc(CCNC(=O)C(CC(C)C)N3Cc4ccccc4C3=O)c2c1. The summed E-state index contributed by atoms with van der Waals surface area (Å²) in [6.45, 7) is 5.15. The predicted octanol–water partition coefficient (Wildman–Crippen LogP) is 3.91. The summed E-state index contributed by atoms with van der Waals surface area (Å²) >= 11 is 0. The molecule has 0 saturated carbocycles. The van der Waals surface area contributed by atoms with Crippen LogP contribution >= 0.6 is 0 Å². The van der Waals surface area contributed by atoms with E-state index in [1.54, 1.807) is 12.0 Å². The lowest BCUT2D eigenvalue weighted by Crippen LogP contribution is -2.48. The molecule has 3 aromatic rings. The third-order valence-corrected chi connectivity index (χ3v) is 5.89. The molecule has 0 bridgehead atoms. The zero-order valence-corrected chi connectivity index (χ0v) is 18.3. The van der Waals surface area contributed by atoms with Crippen molar-refractivity contribution in [2.75, 3.05) is 13.7 Å². The van der Waals surface area contributed by atoms with Crippen molar-refractivity contribution in [3.63, 3.8) is 0 Å². The highest BCUT2D eigenvalue weighted by Gasteiger charge is 2.36. The number of hydrogen-bond acceptors (Lipinski definition) is 3. The monoisotopic (exact) mass is 419 g/mol. The molecule has 0 aliphatic carbocycles. The quantitative estimate of drug-likeness (QED) is 0.581. The Hall–Kier alpha value is -3.28. The summed E-state index contributed by atoms with van der Waals surface area (Å²) < 4.78 is 5.33. The van der Waals surface area contributed by atoms with E-state index in [-0.39, 0.29) is 11.8 Å². The van der Waals surface area contributed by atoms with E-state index in [0.29, 0.717) is 37.4 Å². The fourth-order valence-electron chi connectivity index (χ4n) is 4.28. The van der Waals surface area contributed by atoms with Crippen LogP contribution in [0.4, 0.5) is 0 Å². The molecule has 162 valence electrons. The molecule has 0 spiro atoms. The molecule has 1 atom stereocenters. The number of carbonyl (C=O) groups excluding carboxylic acids is 2. The van der Waals surface area contributed by atoms with Gasteiger partial charge in [0.2, 0.25) is 5.91 Å². The van der Waals surface area contributed by atoms with E-state index in [1.807, 2.05) is 48.7 Å². The zero-order valence-electron chi connectivity index (χ0n) is 18.3. The molecule has 2 aromatic carbocycles. The molecule has 2 amide bonds. The Bertz CT molecular complexity index is 1100. The molecule has 2 N–H and O–H groups in total. The Balaban J connectivity index is 1.44. The van der Waals surface area contributed by atoms with Crippen LogP contribution in [-0.2, 0) is 17.8 Å². The van der Waals surface area contributed by atoms with Gasteiger partial charge in [-0.15, -0.1) is 0 Å². The van der Waals surface area contributed by atoms with E-state index in [9.17, 15) is 9.59 Å². The molecule has 6 heteroatoms. The molecule has 1 aliphatic rings. The van der Waals surface area contributed by atoms with Gasteiger partial charge >= 0.3 is 0 Å². The second-order valence-electron chi connectivity index (χ2n) is 8.50. The van der Waals surface area contributed by atoms with Gasteiger partial charge in [0.25, 0.3) is 5.91 Å². The molecule has 1 aliphatic heterocycles. The number of ether oxygens (including phenoxy) is 1. The van der Waals surface area contributed by atoms with Crippen molar-refractivity contribution >= 4 is 22.7 Å². The van der Waals surface area contributed by atoms with Gasteiger partial charge in [-0.2, -0.15) is 0 Å². The Morgan fingerprint density at radius 1 is 1.23 bits per heavy atom. The van der Waals surface area contributed by atoms with Gasteiger partial charge in [0.15, 0.2) is 0 Å². The number of rotatable bonds is 8. The van der Waals surface area contributed by atoms with Crippen molar-refractivity contribution in [3.05, 3.63) is 65.4 Å². The van der Waals surface area contributed by atoms with Crippen LogP contribution in [0.5, 0.6) is 5.75 Å². The normalized spacial score (nSPS) is 14.2. The average Bonchev–Trinajstić information content (AvgIpc) is 3.32. The largest absolute Gasteiger partial charge is 0.497 e. The Kier molecular flexibility index (Phi) is 5.98. The number of carbonyl (C=O) groups is 2. The minimum absolute atomic E-state index is 0.0554. The smallest absolute Gasteiger partial charge is 0.255 e. The third-order valence-electron chi connectivity index (χ3n) is 5.89. The predicted molar refractivity (Wildman–Crippen MR) is 121 cm³/mol. The van der Waals surface area contributed by atoms with Crippen LogP contribution in [0.3, 0.4) is 0 Å². The molecule has 1 unspecified atom stereocenters. The summed E-state index contributed by atoms with van der Waals surface area (Å²) in [5, 5.41) is 4.16. The lowest BCUT2D eigenvalue weighted by Gasteiger charge is -2.28. The molecule has 0 saturated heterocycles. The highest BCUT2D eigenvalue weighted by molar-refractivity contribution is 6.01. The number of nitrogens with zero attached hydrogens (tertiary/aromatic N) is 1. The number of nitrogens with one attached hydrogen (secondary N) is 2. The average molecular weight is 420 g/mol. The van der Waals surface area contributed by atoms with E-state index in [2.05, 4.69) is 24.1 Å². The van der Waals surface area contributed by atoms with E-state index in [4.69, 9.17) is 4.74 Å². The maximum absolute atomic E-state index is 13.1. The second kappa shape index (κ2) is 8.84. The van der Waals surface area contributed by atoms with Crippen LogP contribution in [0.25, 0.3) is 10.9 Å². The van der Waals surface area contributed by atoms with Gasteiger partial charge in [-0.25, -0.2) is 0 Å². The van der Waals surface area contributed by atoms with Crippen molar-refractivity contribution in [1.29, 1.82) is 0 Å². The van der Waals surface area contributed by atoms with Crippen LogP contribution < -0.4 is 10.1 Å². The number of H-pyrrole nitrogens is 1. The van der Waals surface area contributed by atoms with Gasteiger partial charge in [0.1, 0.15) is 11.8 Å². The standard InChI is InChI=1S/C25H29N3O3/c1-16(2)12-23(28-15-18-6-4-5-7-20(18)25(28)30)24(29)26-11-10-17-14-27-22-9-8-19(31-3)13-21(17)22/h4-9,13-14,16,23,27H,10-12,15H2,1-3H3,(H,26,29). The van der Waals surface area contributed by atoms with Crippen LogP contribution in [0.15, 0.2) is 48.7 Å². The fourth-order valence-corrected chi connectivity index (χ4v) is 4.28. The minimum atomic E-state index is -0.469. The molecule has 1 aromatic heterocycles. The number of fused-ring (bicyclic) bond motifs is 2. The van der Waals surface area contributed by atoms with Crippen LogP contribution in [0.1, 0.15) is 41.8 Å². The topological polar surface area (TPSA) is 74.4 Å². The van der Waals surface area contributed by atoms with Gasteiger partial charge in [0.05, 0.1) is 7.11 Å². The van der Waals surface area contributed by atoms with Crippen LogP contribution in [-0.4, -0.2) is 41.4 Å². The van der Waals surface area contributed by atoms with Crippen LogP contribution in [0.2, 0.25) is 0 Å². The number of benzene rings is 2. The first-order valence-corrected chi connectivity index (χ1v) is 10.8. The molecular formula is C25H29N3O3. The molecule has 0 fully saturated rings. The van der Waals surface area contributed by atoms with Crippen molar-refractivity contribution in [3.8, 4) is 5.75 Å². The third kappa shape index (κ3) is 4.29. The zero-order chi connectivity index (χ0) is 22.0. The maximum Gasteiger partial charge on any atom is 0.255 e. The first-order chi connectivity index (χ1) is 15.0. The van der Waals surface area contributed by atoms with Gasteiger partial charge in [-0.05, 0) is 54.2 Å². The molecule has 6 nitrogen and oxygen atoms in total. The van der Waals surface area contributed by atoms with Gasteiger partial charge in [0, 0.05) is 35.8 Å². The number of hydrogen-bond donors (Lipinski definition) is 2. The minimum Gasteiger partial charge on any atom is -0.497 e. The molecule has 0 radical (unpaired) electrons. The summed E-state index contributed by atoms with van der Waals surface area (Å²) in [6.07, 6.45) is 3.31. The molecule has 2 heterocycles. The van der Waals surface area contributed by atoms with Gasteiger partial charge in [-0.1, -0.05) is 32.0 Å². The van der Waals surface area contributed by atoms with E-state index in [0.717, 1.165) is 27.8 Å². The van der Waals surface area contributed by atoms with E-state index in [1.165, 1.54) is 0 Å². The van der Waals surface area contributed by atoms with E-state index < -0.39 is 6.04 Å². The molecule has 31 heavy (non-hydrogen) atoms. The maximum atomic E-state index is 13.1. The van der Waals surface area contributed by atoms with Crippen molar-refractivity contribution < 1.29 is 14.3 Å². The Morgan fingerprint density at radius 3 is 2.77 bits per heavy atom. The number of methoxy groups -OCH3 is 1. The Morgan fingerprint density at radius 2 is 2.03 bits per heavy atom. The molecule has 4 rings (SSSR count). The first kappa shape index (κ1) is 21.0. The van der Waals surface area contributed by atoms with Gasteiger partial charge < -0.3 is 19.9 Å². The van der Waals surface area contributed by atoms with Crippen LogP contribution in [0, 0.1) is 5.92 Å². The summed E-state index contributed by atoms with van der Waals surface area (Å²) in [5.41, 5.74) is 3.86. The van der Waals surface area contributed by atoms with Crippen molar-refractivity contribution in [2.45, 2.75) is 39.3 Å². The fraction of sp³-hybridized carbons (Fsp3) is 0.360. The summed E-state index contributed by atoms with van der Waals surface area (Å²) in [4.78, 5) is 31.0. The summed E-state index contributed by atoms with van der Waals surface area (Å²) in [5.74, 6) is 0.960. The second-order valence-corrected chi connectivity index (χ2v) is 8.50. The first-order valence-electron chi connectivity index (χ1n) is 10.8. The lowest BCUT2D eigenvalue weighted by molar-refractivity contribution is -0.126. The summed E-state index contributed by atoms with van der Waals surface area (Å²) in [6, 6.07) is 13.1. The van der Waals surface area contributed by atoms with Crippen molar-refractivity contribution in [2.24, 2.45) is 5.92 Å². The van der Waals surface area contributed by atoms with Crippen molar-refractivity contribution in [1.82, 2.24) is 15.2 Å². The highest BCUT2D eigenvalue weighted by atomic mass is 16.5. The summed E-state index contributed by atoms with van der Waals surface area (Å²) in [7, 11) is 1.65. The van der Waals surface area contributed by atoms with Gasteiger partial charge in [-0.3, -0.25) is 9.59 Å². The number of aromatic amines is 1. The highest BCUT2D eigenvalue weighted by Crippen LogP contribution is 2.27. The number of amides is 2. The Labute approximate surface area is 182 Å².